The van der Waals surface area contributed by atoms with E-state index in [-0.39, 0.29) is 18.2 Å². The van der Waals surface area contributed by atoms with E-state index in [9.17, 15) is 9.59 Å². The first-order valence-electron chi connectivity index (χ1n) is 10.3. The van der Waals surface area contributed by atoms with Crippen molar-refractivity contribution in [3.63, 3.8) is 0 Å². The Hall–Kier alpha value is -3.35. The number of carbonyl (C=O) groups is 2. The summed E-state index contributed by atoms with van der Waals surface area (Å²) in [5.41, 5.74) is 4.90. The van der Waals surface area contributed by atoms with Gasteiger partial charge in [0.15, 0.2) is 0 Å². The van der Waals surface area contributed by atoms with Gasteiger partial charge in [0.05, 0.1) is 12.1 Å². The number of hydrogen-bond acceptors (Lipinski definition) is 4. The van der Waals surface area contributed by atoms with Gasteiger partial charge in [-0.1, -0.05) is 59.6 Å². The van der Waals surface area contributed by atoms with Gasteiger partial charge in [-0.2, -0.15) is 5.10 Å². The summed E-state index contributed by atoms with van der Waals surface area (Å²) in [7, 11) is 0. The zero-order valence-corrected chi connectivity index (χ0v) is 19.1. The summed E-state index contributed by atoms with van der Waals surface area (Å²) >= 11 is 12.1. The van der Waals surface area contributed by atoms with Gasteiger partial charge in [0, 0.05) is 34.3 Å². The number of nitrogens with zero attached hydrogens (tertiary/aromatic N) is 2. The minimum Gasteiger partial charge on any atom is -0.489 e. The lowest BCUT2D eigenvalue weighted by Crippen LogP contribution is -2.30. The SMILES string of the molecule is O=C(N/N=C\c1cccc(OCc2ccc(Cl)cc2Cl)c1)[C@@H]1CC(=O)N(c2ccccc2)C1. The first-order chi connectivity index (χ1) is 16.0. The second kappa shape index (κ2) is 10.5. The van der Waals surface area contributed by atoms with Crippen LogP contribution in [-0.4, -0.2) is 24.6 Å². The highest BCUT2D eigenvalue weighted by Gasteiger charge is 2.34. The highest BCUT2D eigenvalue weighted by atomic mass is 35.5. The van der Waals surface area contributed by atoms with Crippen LogP contribution in [0.2, 0.25) is 10.0 Å². The van der Waals surface area contributed by atoms with E-state index in [1.807, 2.05) is 54.6 Å². The van der Waals surface area contributed by atoms with Gasteiger partial charge in [0.25, 0.3) is 0 Å². The maximum absolute atomic E-state index is 12.5. The standard InChI is InChI=1S/C25H21Cl2N3O3/c26-20-10-9-18(23(27)13-20)16-33-22-8-4-5-17(11-22)14-28-29-25(32)19-12-24(31)30(15-19)21-6-2-1-3-7-21/h1-11,13-14,19H,12,15-16H2,(H,29,32)/b28-14-/t19-/m1/s1. The number of hydrazone groups is 1. The average Bonchev–Trinajstić information content (AvgIpc) is 3.21. The lowest BCUT2D eigenvalue weighted by molar-refractivity contribution is -0.126. The van der Waals surface area contributed by atoms with Gasteiger partial charge >= 0.3 is 0 Å². The lowest BCUT2D eigenvalue weighted by Gasteiger charge is -2.16. The minimum absolute atomic E-state index is 0.0732. The normalized spacial score (nSPS) is 15.8. The predicted molar refractivity (Wildman–Crippen MR) is 130 cm³/mol. The largest absolute Gasteiger partial charge is 0.489 e. The van der Waals surface area contributed by atoms with E-state index < -0.39 is 5.92 Å². The Morgan fingerprint density at radius 3 is 2.70 bits per heavy atom. The van der Waals surface area contributed by atoms with Crippen molar-refractivity contribution >= 4 is 46.9 Å². The molecule has 2 amide bonds. The smallest absolute Gasteiger partial charge is 0.245 e. The molecule has 0 saturated carbocycles. The first-order valence-corrected chi connectivity index (χ1v) is 11.1. The molecule has 1 aliphatic heterocycles. The second-order valence-corrected chi connectivity index (χ2v) is 8.42. The van der Waals surface area contributed by atoms with Crippen LogP contribution in [0.1, 0.15) is 17.5 Å². The number of amides is 2. The van der Waals surface area contributed by atoms with Crippen LogP contribution in [0.25, 0.3) is 0 Å². The number of hydrogen-bond donors (Lipinski definition) is 1. The molecule has 0 aromatic heterocycles. The van der Waals surface area contributed by atoms with Crippen LogP contribution in [0, 0.1) is 5.92 Å². The maximum Gasteiger partial charge on any atom is 0.245 e. The summed E-state index contributed by atoms with van der Waals surface area (Å²) in [6.45, 7) is 0.627. The van der Waals surface area contributed by atoms with Crippen LogP contribution < -0.4 is 15.1 Å². The predicted octanol–water partition coefficient (Wildman–Crippen LogP) is 5.08. The second-order valence-electron chi connectivity index (χ2n) is 7.57. The molecule has 0 radical (unpaired) electrons. The summed E-state index contributed by atoms with van der Waals surface area (Å²) in [5, 5.41) is 5.16. The zero-order valence-electron chi connectivity index (χ0n) is 17.6. The number of ether oxygens (including phenoxy) is 1. The molecule has 4 rings (SSSR count). The molecular formula is C25H21Cl2N3O3. The molecule has 0 aliphatic carbocycles. The number of nitrogens with one attached hydrogen (secondary N) is 1. The average molecular weight is 482 g/mol. The summed E-state index contributed by atoms with van der Waals surface area (Å²) in [5.74, 6) is -0.177. The maximum atomic E-state index is 12.5. The van der Waals surface area contributed by atoms with Gasteiger partial charge in [0.1, 0.15) is 12.4 Å². The fourth-order valence-electron chi connectivity index (χ4n) is 3.49. The van der Waals surface area contributed by atoms with E-state index in [0.717, 1.165) is 16.8 Å². The Labute approximate surface area is 201 Å². The highest BCUT2D eigenvalue weighted by Crippen LogP contribution is 2.25. The number of benzene rings is 3. The van der Waals surface area contributed by atoms with Crippen molar-refractivity contribution in [2.45, 2.75) is 13.0 Å². The van der Waals surface area contributed by atoms with Gasteiger partial charge < -0.3 is 9.64 Å². The van der Waals surface area contributed by atoms with Gasteiger partial charge in [-0.15, -0.1) is 0 Å². The van der Waals surface area contributed by atoms with Crippen molar-refractivity contribution in [3.05, 3.63) is 94.0 Å². The molecule has 0 bridgehead atoms. The third-order valence-electron chi connectivity index (χ3n) is 5.22. The van der Waals surface area contributed by atoms with Crippen molar-refractivity contribution in [1.82, 2.24) is 5.43 Å². The van der Waals surface area contributed by atoms with E-state index in [0.29, 0.717) is 28.9 Å². The summed E-state index contributed by atoms with van der Waals surface area (Å²) in [6, 6.07) is 21.9. The molecule has 33 heavy (non-hydrogen) atoms. The molecule has 1 saturated heterocycles. The molecule has 3 aromatic carbocycles. The number of rotatable bonds is 7. The van der Waals surface area contributed by atoms with E-state index in [4.69, 9.17) is 27.9 Å². The molecule has 1 aliphatic rings. The van der Waals surface area contributed by atoms with Crippen molar-refractivity contribution in [2.24, 2.45) is 11.0 Å². The number of anilines is 1. The van der Waals surface area contributed by atoms with Crippen molar-refractivity contribution < 1.29 is 14.3 Å². The molecule has 1 atom stereocenters. The molecule has 0 unspecified atom stereocenters. The highest BCUT2D eigenvalue weighted by molar-refractivity contribution is 6.35. The van der Waals surface area contributed by atoms with E-state index in [2.05, 4.69) is 10.5 Å². The molecule has 8 heteroatoms. The van der Waals surface area contributed by atoms with Crippen molar-refractivity contribution in [1.29, 1.82) is 0 Å². The summed E-state index contributed by atoms with van der Waals surface area (Å²) < 4.78 is 5.81. The molecule has 3 aromatic rings. The van der Waals surface area contributed by atoms with Crippen LogP contribution in [-0.2, 0) is 16.2 Å². The Morgan fingerprint density at radius 1 is 1.09 bits per heavy atom. The van der Waals surface area contributed by atoms with Crippen LogP contribution in [0.15, 0.2) is 77.9 Å². The molecule has 1 fully saturated rings. The van der Waals surface area contributed by atoms with E-state index in [1.165, 1.54) is 6.21 Å². The topological polar surface area (TPSA) is 71.0 Å². The van der Waals surface area contributed by atoms with Gasteiger partial charge in [-0.25, -0.2) is 5.43 Å². The molecule has 1 N–H and O–H groups in total. The Bertz CT molecular complexity index is 1180. The summed E-state index contributed by atoms with van der Waals surface area (Å²) in [6.07, 6.45) is 1.69. The van der Waals surface area contributed by atoms with Gasteiger partial charge in [0.2, 0.25) is 11.8 Å². The number of para-hydroxylation sites is 1. The third kappa shape index (κ3) is 5.92. The Morgan fingerprint density at radius 2 is 1.91 bits per heavy atom. The fraction of sp³-hybridized carbons (Fsp3) is 0.160. The van der Waals surface area contributed by atoms with Crippen LogP contribution >= 0.6 is 23.2 Å². The summed E-state index contributed by atoms with van der Waals surface area (Å²) in [4.78, 5) is 26.4. The van der Waals surface area contributed by atoms with Crippen LogP contribution in [0.3, 0.4) is 0 Å². The van der Waals surface area contributed by atoms with Crippen LogP contribution in [0.5, 0.6) is 5.75 Å². The molecular weight excluding hydrogens is 461 g/mol. The molecule has 1 heterocycles. The quantitative estimate of drug-likeness (QED) is 0.378. The van der Waals surface area contributed by atoms with Crippen molar-refractivity contribution in [3.8, 4) is 5.75 Å². The van der Waals surface area contributed by atoms with Gasteiger partial charge in [-0.05, 0) is 42.0 Å². The molecule has 168 valence electrons. The fourth-order valence-corrected chi connectivity index (χ4v) is 3.95. The van der Waals surface area contributed by atoms with Crippen LogP contribution in [0.4, 0.5) is 5.69 Å². The van der Waals surface area contributed by atoms with E-state index >= 15 is 0 Å². The minimum atomic E-state index is -0.450. The lowest BCUT2D eigenvalue weighted by atomic mass is 10.1. The first kappa shape index (κ1) is 22.8. The Balaban J connectivity index is 1.31. The van der Waals surface area contributed by atoms with Crippen molar-refractivity contribution in [2.75, 3.05) is 11.4 Å². The molecule has 0 spiro atoms. The Kier molecular flexibility index (Phi) is 7.27. The zero-order chi connectivity index (χ0) is 23.2. The molecule has 6 nitrogen and oxygen atoms in total. The third-order valence-corrected chi connectivity index (χ3v) is 5.81. The van der Waals surface area contributed by atoms with E-state index in [1.54, 1.807) is 23.1 Å². The van der Waals surface area contributed by atoms with Gasteiger partial charge in [-0.3, -0.25) is 9.59 Å². The number of halogens is 2. The monoisotopic (exact) mass is 481 g/mol. The number of carbonyl (C=O) groups excluding carboxylic acids is 2.